The molecule has 2 N–H and O–H groups in total. The van der Waals surface area contributed by atoms with Gasteiger partial charge < -0.3 is 10.4 Å². The van der Waals surface area contributed by atoms with E-state index in [2.05, 4.69) is 12.2 Å². The van der Waals surface area contributed by atoms with Gasteiger partial charge in [-0.3, -0.25) is 0 Å². The molecular weight excluding hydrogens is 218 g/mol. The molecule has 1 aromatic heterocycles. The molecule has 1 aromatic rings. The lowest BCUT2D eigenvalue weighted by Crippen LogP contribution is -2.46. The second kappa shape index (κ2) is 3.81. The molecule has 0 bridgehead atoms. The van der Waals surface area contributed by atoms with Gasteiger partial charge in [0.15, 0.2) is 0 Å². The summed E-state index contributed by atoms with van der Waals surface area (Å²) in [5, 5.41) is 16.5. The topological polar surface area (TPSA) is 32.3 Å². The van der Waals surface area contributed by atoms with Crippen molar-refractivity contribution in [2.45, 2.75) is 18.9 Å². The van der Waals surface area contributed by atoms with Gasteiger partial charge in [-0.05, 0) is 24.4 Å². The molecule has 1 aliphatic rings. The zero-order valence-electron chi connectivity index (χ0n) is 8.09. The van der Waals surface area contributed by atoms with Gasteiger partial charge >= 0.3 is 0 Å². The van der Waals surface area contributed by atoms with E-state index in [4.69, 9.17) is 11.6 Å². The molecule has 1 saturated heterocycles. The summed E-state index contributed by atoms with van der Waals surface area (Å²) in [7, 11) is 0. The van der Waals surface area contributed by atoms with Crippen molar-refractivity contribution in [2.75, 3.05) is 13.1 Å². The number of piperidine rings is 1. The summed E-state index contributed by atoms with van der Waals surface area (Å²) in [6.07, 6.45) is 0.744. The van der Waals surface area contributed by atoms with E-state index in [1.54, 1.807) is 11.3 Å². The van der Waals surface area contributed by atoms with E-state index in [0.29, 0.717) is 5.02 Å². The molecule has 2 heterocycles. The van der Waals surface area contributed by atoms with Gasteiger partial charge in [0, 0.05) is 12.5 Å². The highest BCUT2D eigenvalue weighted by atomic mass is 35.5. The Labute approximate surface area is 92.9 Å². The highest BCUT2D eigenvalue weighted by molar-refractivity contribution is 7.10. The first-order chi connectivity index (χ1) is 6.64. The van der Waals surface area contributed by atoms with E-state index in [9.17, 15) is 5.11 Å². The van der Waals surface area contributed by atoms with Gasteiger partial charge in [0.05, 0.1) is 9.90 Å². The predicted octanol–water partition coefficient (Wildman–Crippen LogP) is 2.22. The fourth-order valence-corrected chi connectivity index (χ4v) is 3.42. The third kappa shape index (κ3) is 1.58. The molecule has 0 aromatic carbocycles. The van der Waals surface area contributed by atoms with Gasteiger partial charge in [-0.1, -0.05) is 18.5 Å². The first-order valence-electron chi connectivity index (χ1n) is 4.81. The van der Waals surface area contributed by atoms with Gasteiger partial charge in [-0.15, -0.1) is 11.3 Å². The summed E-state index contributed by atoms with van der Waals surface area (Å²) >= 11 is 7.61. The summed E-state index contributed by atoms with van der Waals surface area (Å²) in [6, 6.07) is 1.86. The number of nitrogens with one attached hydrogen (secondary N) is 1. The third-order valence-electron chi connectivity index (χ3n) is 2.96. The number of hydrogen-bond donors (Lipinski definition) is 2. The Bertz CT molecular complexity index is 328. The Hall–Kier alpha value is -0.0900. The van der Waals surface area contributed by atoms with E-state index in [1.165, 1.54) is 0 Å². The summed E-state index contributed by atoms with van der Waals surface area (Å²) < 4.78 is 0. The minimum absolute atomic E-state index is 0.215. The maximum atomic E-state index is 10.6. The largest absolute Gasteiger partial charge is 0.384 e. The average Bonchev–Trinajstić information content (AvgIpc) is 2.57. The zero-order chi connectivity index (χ0) is 10.2. The van der Waals surface area contributed by atoms with Crippen LogP contribution in [0.1, 0.15) is 18.2 Å². The Morgan fingerprint density at radius 2 is 2.50 bits per heavy atom. The molecule has 2 unspecified atom stereocenters. The average molecular weight is 232 g/mol. The van der Waals surface area contributed by atoms with Crippen LogP contribution in [0.3, 0.4) is 0 Å². The van der Waals surface area contributed by atoms with Gasteiger partial charge in [0.25, 0.3) is 0 Å². The molecule has 2 nitrogen and oxygen atoms in total. The molecule has 0 spiro atoms. The molecule has 4 heteroatoms. The van der Waals surface area contributed by atoms with E-state index < -0.39 is 5.60 Å². The van der Waals surface area contributed by atoms with Crippen molar-refractivity contribution in [2.24, 2.45) is 5.92 Å². The second-order valence-electron chi connectivity index (χ2n) is 3.88. The number of thiophene rings is 1. The summed E-state index contributed by atoms with van der Waals surface area (Å²) in [5.41, 5.74) is -0.726. The number of rotatable bonds is 1. The van der Waals surface area contributed by atoms with Gasteiger partial charge in [0.2, 0.25) is 0 Å². The van der Waals surface area contributed by atoms with Crippen LogP contribution in [-0.2, 0) is 5.60 Å². The van der Waals surface area contributed by atoms with Crippen molar-refractivity contribution in [3.05, 3.63) is 21.3 Å². The van der Waals surface area contributed by atoms with Crippen molar-refractivity contribution in [1.82, 2.24) is 5.32 Å². The maximum Gasteiger partial charge on any atom is 0.105 e. The maximum absolute atomic E-state index is 10.6. The van der Waals surface area contributed by atoms with Crippen LogP contribution in [0.4, 0.5) is 0 Å². The Kier molecular flexibility index (Phi) is 2.84. The molecule has 1 fully saturated rings. The number of halogens is 1. The molecule has 1 aliphatic heterocycles. The monoisotopic (exact) mass is 231 g/mol. The Balaban J connectivity index is 2.34. The number of hydrogen-bond acceptors (Lipinski definition) is 3. The fraction of sp³-hybridized carbons (Fsp3) is 0.600. The molecule has 0 amide bonds. The fourth-order valence-electron chi connectivity index (χ4n) is 1.95. The van der Waals surface area contributed by atoms with Crippen LogP contribution in [0.15, 0.2) is 11.4 Å². The third-order valence-corrected chi connectivity index (χ3v) is 4.47. The summed E-state index contributed by atoms with van der Waals surface area (Å²) in [5.74, 6) is 0.215. The zero-order valence-corrected chi connectivity index (χ0v) is 9.66. The van der Waals surface area contributed by atoms with Crippen LogP contribution >= 0.6 is 22.9 Å². The van der Waals surface area contributed by atoms with Crippen LogP contribution < -0.4 is 5.32 Å². The molecule has 0 saturated carbocycles. The van der Waals surface area contributed by atoms with E-state index >= 15 is 0 Å². The molecular formula is C10H14ClNOS. The first kappa shape index (κ1) is 10.4. The van der Waals surface area contributed by atoms with Crippen LogP contribution in [-0.4, -0.2) is 18.2 Å². The van der Waals surface area contributed by atoms with Crippen LogP contribution in [0.2, 0.25) is 5.02 Å². The van der Waals surface area contributed by atoms with Crippen LogP contribution in [0.5, 0.6) is 0 Å². The second-order valence-corrected chi connectivity index (χ2v) is 5.20. The van der Waals surface area contributed by atoms with Crippen molar-refractivity contribution in [1.29, 1.82) is 0 Å². The van der Waals surface area contributed by atoms with Crippen LogP contribution in [0, 0.1) is 5.92 Å². The van der Waals surface area contributed by atoms with Crippen molar-refractivity contribution in [3.63, 3.8) is 0 Å². The normalized spacial score (nSPS) is 33.2. The minimum Gasteiger partial charge on any atom is -0.384 e. The molecule has 2 atom stereocenters. The van der Waals surface area contributed by atoms with Crippen molar-refractivity contribution < 1.29 is 5.11 Å². The first-order valence-corrected chi connectivity index (χ1v) is 6.07. The lowest BCUT2D eigenvalue weighted by Gasteiger charge is -2.38. The quantitative estimate of drug-likeness (QED) is 0.777. The molecule has 14 heavy (non-hydrogen) atoms. The molecule has 2 rings (SSSR count). The molecule has 78 valence electrons. The number of aliphatic hydroxyl groups is 1. The standard InChI is InChI=1S/C10H14ClNOS/c1-7-6-12-4-3-10(7,13)9-8(11)2-5-14-9/h2,5,7,12-13H,3-4,6H2,1H3. The summed E-state index contributed by atoms with van der Waals surface area (Å²) in [4.78, 5) is 0.924. The Morgan fingerprint density at radius 3 is 3.07 bits per heavy atom. The smallest absolute Gasteiger partial charge is 0.105 e. The highest BCUT2D eigenvalue weighted by Crippen LogP contribution is 2.41. The lowest BCUT2D eigenvalue weighted by molar-refractivity contribution is -0.0358. The minimum atomic E-state index is -0.726. The van der Waals surface area contributed by atoms with E-state index in [0.717, 1.165) is 24.4 Å². The van der Waals surface area contributed by atoms with Crippen LogP contribution in [0.25, 0.3) is 0 Å². The highest BCUT2D eigenvalue weighted by Gasteiger charge is 2.39. The molecule has 0 radical (unpaired) electrons. The molecule has 0 aliphatic carbocycles. The van der Waals surface area contributed by atoms with Crippen molar-refractivity contribution >= 4 is 22.9 Å². The van der Waals surface area contributed by atoms with Gasteiger partial charge in [0.1, 0.15) is 5.60 Å². The van der Waals surface area contributed by atoms with Gasteiger partial charge in [-0.2, -0.15) is 0 Å². The SMILES string of the molecule is CC1CNCCC1(O)c1sccc1Cl. The van der Waals surface area contributed by atoms with Gasteiger partial charge in [-0.25, -0.2) is 0 Å². The predicted molar refractivity (Wildman–Crippen MR) is 59.9 cm³/mol. The Morgan fingerprint density at radius 1 is 1.71 bits per heavy atom. The van der Waals surface area contributed by atoms with E-state index in [1.807, 2.05) is 11.4 Å². The van der Waals surface area contributed by atoms with E-state index in [-0.39, 0.29) is 5.92 Å². The lowest BCUT2D eigenvalue weighted by atomic mass is 9.82. The summed E-state index contributed by atoms with van der Waals surface area (Å²) in [6.45, 7) is 3.77. The van der Waals surface area contributed by atoms with Crippen molar-refractivity contribution in [3.8, 4) is 0 Å².